The number of hydrogen-bond acceptors (Lipinski definition) is 4. The highest BCUT2D eigenvalue weighted by atomic mass is 33.1. The van der Waals surface area contributed by atoms with Crippen LogP contribution in [0.25, 0.3) is 0 Å². The van der Waals surface area contributed by atoms with Crippen LogP contribution < -0.4 is 11.1 Å². The van der Waals surface area contributed by atoms with Gasteiger partial charge in [-0.2, -0.15) is 0 Å². The minimum absolute atomic E-state index is 0.0455. The van der Waals surface area contributed by atoms with E-state index in [2.05, 4.69) is 13.8 Å². The molecule has 0 radical (unpaired) electrons. The van der Waals surface area contributed by atoms with Crippen molar-refractivity contribution in [2.24, 2.45) is 0 Å². The zero-order chi connectivity index (χ0) is 20.8. The molecule has 2 rings (SSSR count). The Hall–Kier alpha value is -1.40. The summed E-state index contributed by atoms with van der Waals surface area (Å²) in [7, 11) is 2.80. The van der Waals surface area contributed by atoms with Crippen LogP contribution in [0.4, 0.5) is 0 Å². The predicted octanol–water partition coefficient (Wildman–Crippen LogP) is 5.64. The van der Waals surface area contributed by atoms with Crippen molar-refractivity contribution in [3.8, 4) is 0 Å². The van der Waals surface area contributed by atoms with E-state index in [1.54, 1.807) is 0 Å². The summed E-state index contributed by atoms with van der Waals surface area (Å²) in [5, 5.41) is 0. The van der Waals surface area contributed by atoms with E-state index >= 15 is 0 Å². The molecule has 0 unspecified atom stereocenters. The van der Waals surface area contributed by atoms with Gasteiger partial charge in [0.1, 0.15) is 0 Å². The molecule has 0 N–H and O–H groups in total. The molecule has 154 valence electrons. The molecule has 6 heteroatoms. The fourth-order valence-corrected chi connectivity index (χ4v) is 5.35. The largest absolute Gasteiger partial charge is 0.312 e. The van der Waals surface area contributed by atoms with Crippen LogP contribution in [0.15, 0.2) is 31.5 Å². The molecule has 0 aliphatic heterocycles. The van der Waals surface area contributed by atoms with Gasteiger partial charge in [-0.3, -0.25) is 9.59 Å². The first-order chi connectivity index (χ1) is 13.3. The van der Waals surface area contributed by atoms with Gasteiger partial charge in [-0.05, 0) is 85.4 Å². The Morgan fingerprint density at radius 1 is 0.714 bits per heavy atom. The van der Waals surface area contributed by atoms with Gasteiger partial charge in [0.25, 0.3) is 11.1 Å². The maximum Gasteiger partial charge on any atom is 0.265 e. The standard InChI is InChI=1S/C22H32N2O2S2/c1-7-9-11-23-17(5)15(3)13-19(21(23)25)27-28-20-14-16(4)18(6)24(22(20)26)12-10-8-2/h13-14H,7-12H2,1-6H3. The molecule has 28 heavy (non-hydrogen) atoms. The maximum absolute atomic E-state index is 12.9. The topological polar surface area (TPSA) is 44.0 Å². The highest BCUT2D eigenvalue weighted by Gasteiger charge is 2.14. The van der Waals surface area contributed by atoms with E-state index < -0.39 is 0 Å². The molecule has 0 saturated carbocycles. The molecular formula is C22H32N2O2S2. The number of aryl methyl sites for hydroxylation is 2. The SMILES string of the molecule is CCCCn1c(C)c(C)cc(SSc2cc(C)c(C)n(CCCC)c2=O)c1=O. The van der Waals surface area contributed by atoms with E-state index in [0.717, 1.165) is 61.3 Å². The average molecular weight is 421 g/mol. The summed E-state index contributed by atoms with van der Waals surface area (Å²) in [6, 6.07) is 3.91. The van der Waals surface area contributed by atoms with Crippen molar-refractivity contribution >= 4 is 21.6 Å². The van der Waals surface area contributed by atoms with Gasteiger partial charge in [0.15, 0.2) is 0 Å². The Labute approximate surface area is 176 Å². The Bertz CT molecular complexity index is 868. The Kier molecular flexibility index (Phi) is 8.50. The molecule has 2 heterocycles. The van der Waals surface area contributed by atoms with E-state index in [1.807, 2.05) is 49.0 Å². The summed E-state index contributed by atoms with van der Waals surface area (Å²) >= 11 is 0. The summed E-state index contributed by atoms with van der Waals surface area (Å²) in [5.41, 5.74) is 4.37. The molecule has 2 aromatic rings. The Balaban J connectivity index is 2.34. The van der Waals surface area contributed by atoms with Crippen molar-refractivity contribution in [2.75, 3.05) is 0 Å². The van der Waals surface area contributed by atoms with Crippen LogP contribution in [0, 0.1) is 27.7 Å². The van der Waals surface area contributed by atoms with Gasteiger partial charge in [0.2, 0.25) is 0 Å². The van der Waals surface area contributed by atoms with Crippen LogP contribution in [0.5, 0.6) is 0 Å². The third kappa shape index (κ3) is 5.15. The van der Waals surface area contributed by atoms with Gasteiger partial charge in [0, 0.05) is 24.5 Å². The van der Waals surface area contributed by atoms with Crippen LogP contribution in [-0.4, -0.2) is 9.13 Å². The molecule has 2 aromatic heterocycles. The Morgan fingerprint density at radius 2 is 1.07 bits per heavy atom. The van der Waals surface area contributed by atoms with E-state index in [4.69, 9.17) is 0 Å². The number of pyridine rings is 2. The van der Waals surface area contributed by atoms with Crippen LogP contribution in [0.1, 0.15) is 62.0 Å². The number of nitrogens with zero attached hydrogens (tertiary/aromatic N) is 2. The van der Waals surface area contributed by atoms with Gasteiger partial charge >= 0.3 is 0 Å². The van der Waals surface area contributed by atoms with Crippen molar-refractivity contribution in [3.05, 3.63) is 55.4 Å². The lowest BCUT2D eigenvalue weighted by molar-refractivity contribution is 0.588. The second kappa shape index (κ2) is 10.4. The fraction of sp³-hybridized carbons (Fsp3) is 0.545. The minimum atomic E-state index is 0.0455. The van der Waals surface area contributed by atoms with Crippen molar-refractivity contribution in [1.82, 2.24) is 9.13 Å². The average Bonchev–Trinajstić information content (AvgIpc) is 2.67. The zero-order valence-electron chi connectivity index (χ0n) is 17.9. The molecule has 0 saturated heterocycles. The molecule has 0 aromatic carbocycles. The van der Waals surface area contributed by atoms with Crippen molar-refractivity contribution in [1.29, 1.82) is 0 Å². The molecule has 0 aliphatic rings. The number of aromatic nitrogens is 2. The maximum atomic E-state index is 12.9. The summed E-state index contributed by atoms with van der Waals surface area (Å²) < 4.78 is 3.75. The van der Waals surface area contributed by atoms with Gasteiger partial charge in [-0.25, -0.2) is 0 Å². The van der Waals surface area contributed by atoms with E-state index in [-0.39, 0.29) is 11.1 Å². The van der Waals surface area contributed by atoms with Crippen molar-refractivity contribution in [3.63, 3.8) is 0 Å². The van der Waals surface area contributed by atoms with Crippen LogP contribution in [-0.2, 0) is 13.1 Å². The normalized spacial score (nSPS) is 11.2. The van der Waals surface area contributed by atoms with Gasteiger partial charge < -0.3 is 9.13 Å². The highest BCUT2D eigenvalue weighted by Crippen LogP contribution is 2.35. The smallest absolute Gasteiger partial charge is 0.265 e. The lowest BCUT2D eigenvalue weighted by Crippen LogP contribution is -2.25. The highest BCUT2D eigenvalue weighted by molar-refractivity contribution is 8.76. The molecule has 0 fully saturated rings. The molecular weight excluding hydrogens is 388 g/mol. The number of hydrogen-bond donors (Lipinski definition) is 0. The first-order valence-electron chi connectivity index (χ1n) is 10.1. The lowest BCUT2D eigenvalue weighted by atomic mass is 10.2. The summed E-state index contributed by atoms with van der Waals surface area (Å²) in [4.78, 5) is 27.3. The predicted molar refractivity (Wildman–Crippen MR) is 122 cm³/mol. The van der Waals surface area contributed by atoms with Gasteiger partial charge in [-0.15, -0.1) is 0 Å². The van der Waals surface area contributed by atoms with E-state index in [1.165, 1.54) is 21.6 Å². The third-order valence-electron chi connectivity index (χ3n) is 5.25. The van der Waals surface area contributed by atoms with E-state index in [9.17, 15) is 9.59 Å². The summed E-state index contributed by atoms with van der Waals surface area (Å²) in [5.74, 6) is 0. The second-order valence-electron chi connectivity index (χ2n) is 7.34. The first-order valence-corrected chi connectivity index (χ1v) is 12.2. The molecule has 4 nitrogen and oxygen atoms in total. The van der Waals surface area contributed by atoms with Crippen molar-refractivity contribution < 1.29 is 0 Å². The molecule has 0 atom stereocenters. The molecule has 0 bridgehead atoms. The first kappa shape index (κ1) is 22.9. The summed E-state index contributed by atoms with van der Waals surface area (Å²) in [6.07, 6.45) is 4.08. The molecule has 0 aliphatic carbocycles. The van der Waals surface area contributed by atoms with Crippen LogP contribution >= 0.6 is 21.6 Å². The van der Waals surface area contributed by atoms with Gasteiger partial charge in [-0.1, -0.05) is 26.7 Å². The van der Waals surface area contributed by atoms with Gasteiger partial charge in [0.05, 0.1) is 9.79 Å². The zero-order valence-corrected chi connectivity index (χ0v) is 19.6. The van der Waals surface area contributed by atoms with Crippen molar-refractivity contribution in [2.45, 2.75) is 90.1 Å². The third-order valence-corrected chi connectivity index (χ3v) is 7.60. The van der Waals surface area contributed by atoms with Crippen LogP contribution in [0.2, 0.25) is 0 Å². The van der Waals surface area contributed by atoms with E-state index in [0.29, 0.717) is 9.79 Å². The minimum Gasteiger partial charge on any atom is -0.312 e. The monoisotopic (exact) mass is 420 g/mol. The molecule has 0 amide bonds. The molecule has 0 spiro atoms. The number of rotatable bonds is 9. The lowest BCUT2D eigenvalue weighted by Gasteiger charge is -2.15. The fourth-order valence-electron chi connectivity index (χ4n) is 3.10. The Morgan fingerprint density at radius 3 is 1.39 bits per heavy atom. The second-order valence-corrected chi connectivity index (χ2v) is 9.55. The number of unbranched alkanes of at least 4 members (excludes halogenated alkanes) is 2. The van der Waals surface area contributed by atoms with Crippen LogP contribution in [0.3, 0.4) is 0 Å². The summed E-state index contributed by atoms with van der Waals surface area (Å²) in [6.45, 7) is 13.8. The quantitative estimate of drug-likeness (QED) is 0.492.